The highest BCUT2D eigenvalue weighted by atomic mass is 32.2. The number of rotatable bonds is 1. The first-order valence-electron chi connectivity index (χ1n) is 3.36. The van der Waals surface area contributed by atoms with E-state index in [1.165, 1.54) is 11.8 Å². The van der Waals surface area contributed by atoms with Crippen molar-refractivity contribution in [1.29, 1.82) is 0 Å². The third kappa shape index (κ3) is 1.27. The van der Waals surface area contributed by atoms with Crippen molar-refractivity contribution in [3.63, 3.8) is 0 Å². The van der Waals surface area contributed by atoms with E-state index in [9.17, 15) is 0 Å². The molecule has 0 fully saturated rings. The van der Waals surface area contributed by atoms with Crippen LogP contribution in [0, 0.1) is 0 Å². The Balaban J connectivity index is 3.14. The van der Waals surface area contributed by atoms with Crippen molar-refractivity contribution in [2.75, 3.05) is 6.26 Å². The lowest BCUT2D eigenvalue weighted by atomic mass is 10.4. The Hall–Kier alpha value is -0.430. The second-order valence-corrected chi connectivity index (χ2v) is 2.21. The molecule has 8 heavy (non-hydrogen) atoms. The lowest BCUT2D eigenvalue weighted by molar-refractivity contribution is 1.47. The van der Waals surface area contributed by atoms with E-state index >= 15 is 0 Å². The normalized spacial score (nSPS) is 12.6. The molecule has 0 amide bonds. The smallest absolute Gasteiger partial charge is 0.0635 e. The van der Waals surface area contributed by atoms with Crippen LogP contribution in [0.1, 0.15) is 2.74 Å². The first-order valence-corrected chi connectivity index (χ1v) is 3.58. The molecular weight excluding hydrogens is 116 g/mol. The standard InChI is InChI=1S/C7H8S/c1-8-7-5-3-2-4-6-7/h2-6H,1H3/i3D,5D. The number of benzene rings is 1. The third-order valence-electron chi connectivity index (χ3n) is 0.842. The van der Waals surface area contributed by atoms with Crippen molar-refractivity contribution in [2.24, 2.45) is 0 Å². The van der Waals surface area contributed by atoms with Gasteiger partial charge in [0.05, 0.1) is 2.74 Å². The Bertz CT molecular complexity index is 235. The van der Waals surface area contributed by atoms with Crippen LogP contribution in [0.25, 0.3) is 0 Å². The number of thioether (sulfide) groups is 1. The summed E-state index contributed by atoms with van der Waals surface area (Å²) in [6.45, 7) is 0. The zero-order valence-corrected chi connectivity index (χ0v) is 5.46. The molecule has 0 heterocycles. The van der Waals surface area contributed by atoms with Crippen LogP contribution >= 0.6 is 11.8 Å². The van der Waals surface area contributed by atoms with Crippen LogP contribution in [-0.4, -0.2) is 6.26 Å². The van der Waals surface area contributed by atoms with E-state index in [1.54, 1.807) is 12.1 Å². The molecule has 0 aliphatic rings. The van der Waals surface area contributed by atoms with Crippen LogP contribution in [0.15, 0.2) is 35.2 Å². The van der Waals surface area contributed by atoms with Gasteiger partial charge in [-0.3, -0.25) is 0 Å². The largest absolute Gasteiger partial charge is 0.130 e. The van der Waals surface area contributed by atoms with Crippen LogP contribution in [0.4, 0.5) is 0 Å². The summed E-state index contributed by atoms with van der Waals surface area (Å²) in [6, 6.07) is 5.90. The van der Waals surface area contributed by atoms with Gasteiger partial charge < -0.3 is 0 Å². The summed E-state index contributed by atoms with van der Waals surface area (Å²) < 4.78 is 14.6. The van der Waals surface area contributed by atoms with Crippen molar-refractivity contribution in [1.82, 2.24) is 0 Å². The van der Waals surface area contributed by atoms with Crippen molar-refractivity contribution >= 4 is 11.8 Å². The van der Waals surface area contributed by atoms with Crippen LogP contribution in [-0.2, 0) is 0 Å². The quantitative estimate of drug-likeness (QED) is 0.521. The molecule has 0 saturated heterocycles. The van der Waals surface area contributed by atoms with Crippen molar-refractivity contribution in [3.05, 3.63) is 30.3 Å². The topological polar surface area (TPSA) is 0 Å². The minimum atomic E-state index is 0.298. The summed E-state index contributed by atoms with van der Waals surface area (Å²) in [5, 5.41) is 0. The molecule has 0 bridgehead atoms. The Labute approximate surface area is 56.7 Å². The summed E-state index contributed by atoms with van der Waals surface area (Å²) in [6.07, 6.45) is 1.91. The molecule has 0 unspecified atom stereocenters. The summed E-state index contributed by atoms with van der Waals surface area (Å²) in [5.74, 6) is 0. The molecule has 0 N–H and O–H groups in total. The highest BCUT2D eigenvalue weighted by molar-refractivity contribution is 7.98. The monoisotopic (exact) mass is 126 g/mol. The maximum absolute atomic E-state index is 7.39. The molecule has 0 aliphatic carbocycles. The zero-order valence-electron chi connectivity index (χ0n) is 6.64. The van der Waals surface area contributed by atoms with Crippen molar-refractivity contribution in [3.8, 4) is 0 Å². The van der Waals surface area contributed by atoms with Crippen LogP contribution < -0.4 is 0 Å². The minimum Gasteiger partial charge on any atom is -0.130 e. The van der Waals surface area contributed by atoms with E-state index < -0.39 is 0 Å². The van der Waals surface area contributed by atoms with Crippen molar-refractivity contribution < 1.29 is 2.74 Å². The highest BCUT2D eigenvalue weighted by Crippen LogP contribution is 2.11. The predicted molar refractivity (Wildman–Crippen MR) is 38.2 cm³/mol. The van der Waals surface area contributed by atoms with E-state index in [0.29, 0.717) is 12.1 Å². The van der Waals surface area contributed by atoms with Crippen molar-refractivity contribution in [2.45, 2.75) is 4.90 Å². The van der Waals surface area contributed by atoms with Gasteiger partial charge in [-0.2, -0.15) is 0 Å². The summed E-state index contributed by atoms with van der Waals surface area (Å²) in [4.78, 5) is 0.868. The van der Waals surface area contributed by atoms with E-state index in [0.717, 1.165) is 4.90 Å². The maximum atomic E-state index is 7.39. The van der Waals surface area contributed by atoms with Gasteiger partial charge in [0, 0.05) is 4.90 Å². The first kappa shape index (κ1) is 3.57. The summed E-state index contributed by atoms with van der Waals surface area (Å²) in [5.41, 5.74) is 0. The Morgan fingerprint density at radius 2 is 2.50 bits per heavy atom. The fourth-order valence-electron chi connectivity index (χ4n) is 0.457. The summed E-state index contributed by atoms with van der Waals surface area (Å²) in [7, 11) is 0. The SMILES string of the molecule is [2H]c1cccc(SC)c1[2H]. The Morgan fingerprint density at radius 1 is 1.62 bits per heavy atom. The van der Waals surface area contributed by atoms with Gasteiger partial charge in [-0.25, -0.2) is 0 Å². The van der Waals surface area contributed by atoms with Crippen LogP contribution in [0.5, 0.6) is 0 Å². The predicted octanol–water partition coefficient (Wildman–Crippen LogP) is 2.41. The average molecular weight is 126 g/mol. The van der Waals surface area contributed by atoms with Gasteiger partial charge >= 0.3 is 0 Å². The maximum Gasteiger partial charge on any atom is 0.0635 e. The molecule has 0 spiro atoms. The average Bonchev–Trinajstić information content (AvgIpc) is 1.95. The van der Waals surface area contributed by atoms with Gasteiger partial charge in [0.2, 0.25) is 0 Å². The molecular formula is C7H8S. The molecule has 1 rings (SSSR count). The lowest BCUT2D eigenvalue weighted by Crippen LogP contribution is -1.62. The van der Waals surface area contributed by atoms with Gasteiger partial charge in [0.1, 0.15) is 0 Å². The third-order valence-corrected chi connectivity index (χ3v) is 1.52. The van der Waals surface area contributed by atoms with E-state index in [2.05, 4.69) is 0 Å². The number of hydrogen-bond donors (Lipinski definition) is 0. The second kappa shape index (κ2) is 2.78. The second-order valence-electron chi connectivity index (χ2n) is 1.36. The Kier molecular flexibility index (Phi) is 1.24. The Morgan fingerprint density at radius 3 is 3.12 bits per heavy atom. The molecule has 0 aliphatic heterocycles. The van der Waals surface area contributed by atoms with Gasteiger partial charge in [-0.1, -0.05) is 18.2 Å². The molecule has 0 atom stereocenters. The zero-order chi connectivity index (χ0) is 7.56. The van der Waals surface area contributed by atoms with E-state index in [4.69, 9.17) is 2.74 Å². The van der Waals surface area contributed by atoms with E-state index in [-0.39, 0.29) is 0 Å². The minimum absolute atomic E-state index is 0.298. The fourth-order valence-corrected chi connectivity index (χ4v) is 0.833. The van der Waals surface area contributed by atoms with E-state index in [1.807, 2.05) is 12.3 Å². The van der Waals surface area contributed by atoms with Gasteiger partial charge in [0.15, 0.2) is 0 Å². The highest BCUT2D eigenvalue weighted by Gasteiger charge is 1.80. The molecule has 0 nitrogen and oxygen atoms in total. The molecule has 0 aromatic heterocycles. The molecule has 42 valence electrons. The summed E-state index contributed by atoms with van der Waals surface area (Å²) >= 11 is 1.50. The van der Waals surface area contributed by atoms with Crippen LogP contribution in [0.2, 0.25) is 0 Å². The van der Waals surface area contributed by atoms with Gasteiger partial charge in [-0.05, 0) is 18.4 Å². The van der Waals surface area contributed by atoms with Crippen LogP contribution in [0.3, 0.4) is 0 Å². The molecule has 0 saturated carbocycles. The number of hydrogen-bond acceptors (Lipinski definition) is 1. The molecule has 1 aromatic carbocycles. The molecule has 1 heteroatoms. The van der Waals surface area contributed by atoms with Gasteiger partial charge in [0.25, 0.3) is 0 Å². The van der Waals surface area contributed by atoms with Gasteiger partial charge in [-0.15, -0.1) is 11.8 Å². The first-order chi connectivity index (χ1) is 4.75. The fraction of sp³-hybridized carbons (Fsp3) is 0.143. The molecule has 0 radical (unpaired) electrons. The lowest BCUT2D eigenvalue weighted by Gasteiger charge is -1.89. The molecule has 1 aromatic rings.